The molecule has 2 rings (SSSR count). The van der Waals surface area contributed by atoms with E-state index < -0.39 is 11.5 Å². The Labute approximate surface area is 125 Å². The normalized spacial score (nSPS) is 18.9. The van der Waals surface area contributed by atoms with E-state index in [1.165, 1.54) is 25.7 Å². The fourth-order valence-corrected chi connectivity index (χ4v) is 4.40. The molecule has 0 amide bonds. The minimum atomic E-state index is -0.982. The zero-order valence-electron chi connectivity index (χ0n) is 12.0. The van der Waals surface area contributed by atoms with Crippen LogP contribution in [0.15, 0.2) is 30.3 Å². The molecule has 0 saturated heterocycles. The van der Waals surface area contributed by atoms with Crippen LogP contribution in [0.25, 0.3) is 0 Å². The van der Waals surface area contributed by atoms with Gasteiger partial charge in [-0.1, -0.05) is 43.2 Å². The van der Waals surface area contributed by atoms with Gasteiger partial charge < -0.3 is 10.4 Å². The lowest BCUT2D eigenvalue weighted by molar-refractivity contribution is -0.144. The van der Waals surface area contributed by atoms with E-state index in [2.05, 4.69) is 5.32 Å². The molecule has 1 atom stereocenters. The van der Waals surface area contributed by atoms with Crippen LogP contribution in [0.2, 0.25) is 0 Å². The molecule has 1 aliphatic rings. The molecule has 2 N–H and O–H groups in total. The molecule has 0 radical (unpaired) electrons. The Bertz CT molecular complexity index is 431. The highest BCUT2D eigenvalue weighted by atomic mass is 32.2. The van der Waals surface area contributed by atoms with E-state index in [4.69, 9.17) is 0 Å². The number of thioether (sulfide) groups is 1. The monoisotopic (exact) mass is 293 g/mol. The first-order valence-corrected chi connectivity index (χ1v) is 8.40. The van der Waals surface area contributed by atoms with Crippen molar-refractivity contribution >= 4 is 17.7 Å². The van der Waals surface area contributed by atoms with Gasteiger partial charge in [-0.05, 0) is 37.1 Å². The smallest absolute Gasteiger partial charge is 0.329 e. The minimum Gasteiger partial charge on any atom is -0.480 e. The van der Waals surface area contributed by atoms with Crippen LogP contribution in [-0.4, -0.2) is 29.6 Å². The van der Waals surface area contributed by atoms with Gasteiger partial charge in [0, 0.05) is 5.75 Å². The van der Waals surface area contributed by atoms with Crippen LogP contribution < -0.4 is 5.32 Å². The second-order valence-corrected chi connectivity index (χ2v) is 6.52. The molecule has 0 aliphatic heterocycles. The van der Waals surface area contributed by atoms with Crippen LogP contribution in [0.4, 0.5) is 0 Å². The predicted molar refractivity (Wildman–Crippen MR) is 84.1 cm³/mol. The molecule has 20 heavy (non-hydrogen) atoms. The minimum absolute atomic E-state index is 0.569. The number of aliphatic carboxylic acids is 1. The molecular formula is C16H23NO2S. The molecule has 0 aromatic heterocycles. The van der Waals surface area contributed by atoms with E-state index in [-0.39, 0.29) is 0 Å². The summed E-state index contributed by atoms with van der Waals surface area (Å²) < 4.78 is 0. The number of carboxylic acid groups (broad SMARTS) is 1. The van der Waals surface area contributed by atoms with Gasteiger partial charge in [0.2, 0.25) is 0 Å². The molecule has 110 valence electrons. The average Bonchev–Trinajstić information content (AvgIpc) is 2.97. The number of hydrogen-bond donors (Lipinski definition) is 2. The molecule has 4 heteroatoms. The lowest BCUT2D eigenvalue weighted by Gasteiger charge is -2.29. The van der Waals surface area contributed by atoms with Crippen molar-refractivity contribution < 1.29 is 9.90 Å². The second kappa shape index (κ2) is 7.14. The second-order valence-electron chi connectivity index (χ2n) is 5.49. The summed E-state index contributed by atoms with van der Waals surface area (Å²) in [7, 11) is 1.73. The Morgan fingerprint density at radius 3 is 2.55 bits per heavy atom. The summed E-state index contributed by atoms with van der Waals surface area (Å²) in [6.07, 6.45) is 5.27. The summed E-state index contributed by atoms with van der Waals surface area (Å²) in [6.45, 7) is 0. The van der Waals surface area contributed by atoms with Crippen molar-refractivity contribution in [3.8, 4) is 0 Å². The van der Waals surface area contributed by atoms with Crippen molar-refractivity contribution in [3.05, 3.63) is 35.9 Å². The van der Waals surface area contributed by atoms with Crippen molar-refractivity contribution in [2.45, 2.75) is 31.2 Å². The fourth-order valence-electron chi connectivity index (χ4n) is 2.87. The number of carbonyl (C=O) groups is 1. The maximum Gasteiger partial charge on any atom is 0.329 e. The van der Waals surface area contributed by atoms with Crippen LogP contribution in [0, 0.1) is 5.92 Å². The Morgan fingerprint density at radius 2 is 2.00 bits per heavy atom. The van der Waals surface area contributed by atoms with Crippen LogP contribution in [0.1, 0.15) is 31.2 Å². The number of rotatable bonds is 7. The number of likely N-dealkylation sites (N-methyl/N-ethyl adjacent to an activating group) is 1. The Kier molecular flexibility index (Phi) is 5.49. The molecule has 1 aromatic rings. The molecule has 0 bridgehead atoms. The molecule has 0 heterocycles. The SMILES string of the molecule is CNC(CSCC1CCCC1)(C(=O)O)c1ccccc1. The quantitative estimate of drug-likeness (QED) is 0.811. The van der Waals surface area contributed by atoms with Crippen LogP contribution in [0.5, 0.6) is 0 Å². The van der Waals surface area contributed by atoms with Gasteiger partial charge in [0.15, 0.2) is 5.54 Å². The van der Waals surface area contributed by atoms with Gasteiger partial charge in [0.05, 0.1) is 0 Å². The van der Waals surface area contributed by atoms with E-state index in [0.29, 0.717) is 5.75 Å². The summed E-state index contributed by atoms with van der Waals surface area (Å²) in [5.74, 6) is 1.62. The van der Waals surface area contributed by atoms with E-state index in [0.717, 1.165) is 17.2 Å². The molecule has 1 saturated carbocycles. The van der Waals surface area contributed by atoms with Gasteiger partial charge in [-0.3, -0.25) is 0 Å². The zero-order chi connectivity index (χ0) is 14.4. The largest absolute Gasteiger partial charge is 0.480 e. The summed E-state index contributed by atoms with van der Waals surface area (Å²) in [6, 6.07) is 9.48. The van der Waals surface area contributed by atoms with Gasteiger partial charge >= 0.3 is 5.97 Å². The molecule has 3 nitrogen and oxygen atoms in total. The topological polar surface area (TPSA) is 49.3 Å². The third-order valence-electron chi connectivity index (χ3n) is 4.21. The van der Waals surface area contributed by atoms with Crippen LogP contribution in [0.3, 0.4) is 0 Å². The van der Waals surface area contributed by atoms with Gasteiger partial charge in [-0.2, -0.15) is 11.8 Å². The molecular weight excluding hydrogens is 270 g/mol. The first kappa shape index (κ1) is 15.4. The van der Waals surface area contributed by atoms with E-state index in [9.17, 15) is 9.90 Å². The number of carboxylic acids is 1. The average molecular weight is 293 g/mol. The fraction of sp³-hybridized carbons (Fsp3) is 0.562. The Hall–Kier alpha value is -1.00. The molecule has 1 aromatic carbocycles. The Balaban J connectivity index is 2.05. The van der Waals surface area contributed by atoms with E-state index >= 15 is 0 Å². The molecule has 1 aliphatic carbocycles. The lowest BCUT2D eigenvalue weighted by Crippen LogP contribution is -2.49. The van der Waals surface area contributed by atoms with Gasteiger partial charge in [-0.15, -0.1) is 0 Å². The zero-order valence-corrected chi connectivity index (χ0v) is 12.8. The van der Waals surface area contributed by atoms with Gasteiger partial charge in [0.25, 0.3) is 0 Å². The standard InChI is InChI=1S/C16H23NO2S/c1-17-16(15(18)19,14-9-3-2-4-10-14)12-20-11-13-7-5-6-8-13/h2-4,9-10,13,17H,5-8,11-12H2,1H3,(H,18,19). The summed E-state index contributed by atoms with van der Waals surface area (Å²) >= 11 is 1.76. The molecule has 1 fully saturated rings. The highest BCUT2D eigenvalue weighted by Gasteiger charge is 2.38. The van der Waals surface area contributed by atoms with Crippen molar-refractivity contribution in [2.75, 3.05) is 18.6 Å². The molecule has 1 unspecified atom stereocenters. The maximum absolute atomic E-state index is 11.8. The number of hydrogen-bond acceptors (Lipinski definition) is 3. The van der Waals surface area contributed by atoms with E-state index in [1.54, 1.807) is 18.8 Å². The molecule has 0 spiro atoms. The highest BCUT2D eigenvalue weighted by Crippen LogP contribution is 2.31. The van der Waals surface area contributed by atoms with Crippen LogP contribution in [-0.2, 0) is 10.3 Å². The summed E-state index contributed by atoms with van der Waals surface area (Å²) in [5.41, 5.74) is -0.154. The third-order valence-corrected chi connectivity index (χ3v) is 5.55. The summed E-state index contributed by atoms with van der Waals surface area (Å²) in [5, 5.41) is 12.7. The van der Waals surface area contributed by atoms with Crippen molar-refractivity contribution in [3.63, 3.8) is 0 Å². The summed E-state index contributed by atoms with van der Waals surface area (Å²) in [4.78, 5) is 11.8. The lowest BCUT2D eigenvalue weighted by atomic mass is 9.92. The van der Waals surface area contributed by atoms with Crippen LogP contribution >= 0.6 is 11.8 Å². The Morgan fingerprint density at radius 1 is 1.35 bits per heavy atom. The van der Waals surface area contributed by atoms with Gasteiger partial charge in [-0.25, -0.2) is 4.79 Å². The predicted octanol–water partition coefficient (Wildman–Crippen LogP) is 3.11. The van der Waals surface area contributed by atoms with E-state index in [1.807, 2.05) is 30.3 Å². The van der Waals surface area contributed by atoms with Crippen molar-refractivity contribution in [2.24, 2.45) is 5.92 Å². The first-order chi connectivity index (χ1) is 9.69. The van der Waals surface area contributed by atoms with Crippen molar-refractivity contribution in [1.29, 1.82) is 0 Å². The third kappa shape index (κ3) is 3.36. The highest BCUT2D eigenvalue weighted by molar-refractivity contribution is 7.99. The number of nitrogens with one attached hydrogen (secondary N) is 1. The van der Waals surface area contributed by atoms with Gasteiger partial charge in [0.1, 0.15) is 0 Å². The van der Waals surface area contributed by atoms with Crippen molar-refractivity contribution in [1.82, 2.24) is 5.32 Å². The first-order valence-electron chi connectivity index (χ1n) is 7.24. The number of benzene rings is 1. The maximum atomic E-state index is 11.8.